The minimum absolute atomic E-state index is 0.0437. The minimum Gasteiger partial charge on any atom is -0.480 e. The second-order valence-electron chi connectivity index (χ2n) is 24.9. The number of nitrogens with two attached hydrogens (primary N) is 1. The molecule has 11 N–H and O–H groups in total. The van der Waals surface area contributed by atoms with Crippen LogP contribution in [0.3, 0.4) is 0 Å². The predicted octanol–water partition coefficient (Wildman–Crippen LogP) is 0.129. The largest absolute Gasteiger partial charge is 0.480 e. The highest BCUT2D eigenvalue weighted by atomic mass is 16.7. The van der Waals surface area contributed by atoms with Gasteiger partial charge in [0.05, 0.1) is 56.4 Å². The number of nitrogens with one attached hydrogen (secondary N) is 4. The highest BCUT2D eigenvalue weighted by Crippen LogP contribution is 2.34. The van der Waals surface area contributed by atoms with E-state index in [-0.39, 0.29) is 59.6 Å². The summed E-state index contributed by atoms with van der Waals surface area (Å²) >= 11 is 0. The third-order valence-electron chi connectivity index (χ3n) is 17.3. The van der Waals surface area contributed by atoms with Gasteiger partial charge < -0.3 is 85.8 Å². The summed E-state index contributed by atoms with van der Waals surface area (Å²) in [6.07, 6.45) is -8.36. The van der Waals surface area contributed by atoms with Crippen LogP contribution in [0, 0.1) is 23.7 Å². The van der Waals surface area contributed by atoms with Crippen LogP contribution in [0.25, 0.3) is 0 Å². The first-order valence-corrected chi connectivity index (χ1v) is 30.7. The Morgan fingerprint density at radius 2 is 1.47 bits per heavy atom. The van der Waals surface area contributed by atoms with Gasteiger partial charge in [-0.05, 0) is 48.4 Å². The van der Waals surface area contributed by atoms with Gasteiger partial charge in [0.25, 0.3) is 17.7 Å². The molecule has 2 saturated heterocycles. The van der Waals surface area contributed by atoms with E-state index >= 15 is 4.79 Å². The molecule has 5 rings (SSSR count). The lowest BCUT2D eigenvalue weighted by Crippen LogP contribution is -2.63. The van der Waals surface area contributed by atoms with E-state index in [9.17, 15) is 68.7 Å². The smallest absolute Gasteiger partial charge is 0.335 e. The molecule has 0 saturated carbocycles. The molecule has 28 heteroatoms. The fourth-order valence-electron chi connectivity index (χ4n) is 12.5. The lowest BCUT2D eigenvalue weighted by molar-refractivity contribution is -0.922. The number of ether oxygens (including phenoxy) is 4. The number of aliphatic carboxylic acids is 2. The van der Waals surface area contributed by atoms with Gasteiger partial charge in [-0.1, -0.05) is 85.2 Å². The molecular weight excluding hydrogens is 1190 g/mol. The number of carbonyl (C=O) groups excluding carboxylic acids is 8. The van der Waals surface area contributed by atoms with Crippen molar-refractivity contribution in [1.29, 1.82) is 0 Å². The Balaban J connectivity index is 1.34. The molecule has 91 heavy (non-hydrogen) atoms. The maximum absolute atomic E-state index is 15.0. The van der Waals surface area contributed by atoms with Crippen molar-refractivity contribution in [3.05, 3.63) is 71.8 Å². The molecule has 0 spiro atoms. The number of imide groups is 1. The summed E-state index contributed by atoms with van der Waals surface area (Å²) in [5.74, 6) is -9.68. The van der Waals surface area contributed by atoms with Gasteiger partial charge >= 0.3 is 11.9 Å². The van der Waals surface area contributed by atoms with Gasteiger partial charge in [0.2, 0.25) is 35.8 Å². The number of carbonyl (C=O) groups is 10. The second-order valence-corrected chi connectivity index (χ2v) is 24.9. The minimum atomic E-state index is -2.03. The van der Waals surface area contributed by atoms with Gasteiger partial charge in [-0.25, -0.2) is 9.59 Å². The van der Waals surface area contributed by atoms with E-state index in [2.05, 4.69) is 21.3 Å². The Bertz CT molecular complexity index is 2910. The number of likely N-dealkylation sites (N-methyl/N-ethyl adjacent to an activating group) is 2. The zero-order valence-corrected chi connectivity index (χ0v) is 54.0. The van der Waals surface area contributed by atoms with Gasteiger partial charge in [-0.15, -0.1) is 0 Å². The molecule has 0 aliphatic carbocycles. The number of methoxy groups -OCH3 is 2. The number of hydrogen-bond donors (Lipinski definition) is 10. The van der Waals surface area contributed by atoms with Crippen LogP contribution in [0.4, 0.5) is 5.69 Å². The van der Waals surface area contributed by atoms with Crippen molar-refractivity contribution < 1.29 is 96.9 Å². The average molecular weight is 1280 g/mol. The van der Waals surface area contributed by atoms with E-state index in [0.29, 0.717) is 36.3 Å². The van der Waals surface area contributed by atoms with E-state index in [0.717, 1.165) is 17.7 Å². The summed E-state index contributed by atoms with van der Waals surface area (Å²) in [6, 6.07) is 7.66. The summed E-state index contributed by atoms with van der Waals surface area (Å²) in [4.78, 5) is 138. The van der Waals surface area contributed by atoms with E-state index in [1.54, 1.807) is 77.1 Å². The summed E-state index contributed by atoms with van der Waals surface area (Å²) in [5, 5.41) is 62.4. The number of carboxylic acids is 2. The molecule has 3 aliphatic rings. The van der Waals surface area contributed by atoms with Gasteiger partial charge in [0.1, 0.15) is 48.7 Å². The average Bonchev–Trinajstić information content (AvgIpc) is 1.39. The molecule has 0 bridgehead atoms. The van der Waals surface area contributed by atoms with Crippen molar-refractivity contribution in [1.82, 2.24) is 30.7 Å². The molecule has 2 aromatic rings. The molecule has 0 aromatic heterocycles. The van der Waals surface area contributed by atoms with Crippen molar-refractivity contribution in [2.45, 2.75) is 173 Å². The van der Waals surface area contributed by atoms with Crippen LogP contribution in [0.15, 0.2) is 60.7 Å². The normalized spacial score (nSPS) is 22.3. The molecule has 2 fully saturated rings. The summed E-state index contributed by atoms with van der Waals surface area (Å²) in [7, 11) is 8.12. The number of aliphatic hydroxyl groups excluding tert-OH is 3. The highest BCUT2D eigenvalue weighted by Gasteiger charge is 2.49. The quantitative estimate of drug-likeness (QED) is 0.0335. The summed E-state index contributed by atoms with van der Waals surface area (Å²) in [5.41, 5.74) is 6.90. The number of benzene rings is 2. The number of anilines is 1. The third-order valence-corrected chi connectivity index (χ3v) is 17.3. The molecule has 15 atom stereocenters. The Kier molecular flexibility index (Phi) is 27.1. The maximum Gasteiger partial charge on any atom is 0.335 e. The molecule has 3 aliphatic heterocycles. The first-order valence-electron chi connectivity index (χ1n) is 30.7. The van der Waals surface area contributed by atoms with Crippen LogP contribution in [0.1, 0.15) is 91.7 Å². The molecule has 504 valence electrons. The fraction of sp³-hybridized carbons (Fsp3) is 0.619. The Labute approximate surface area is 530 Å². The van der Waals surface area contributed by atoms with Crippen LogP contribution >= 0.6 is 0 Å². The number of hydrogen-bond acceptors (Lipinski definition) is 18. The van der Waals surface area contributed by atoms with Crippen molar-refractivity contribution in [2.75, 3.05) is 60.3 Å². The van der Waals surface area contributed by atoms with Gasteiger partial charge in [0.15, 0.2) is 12.1 Å². The van der Waals surface area contributed by atoms with Crippen LogP contribution in [0.2, 0.25) is 0 Å². The van der Waals surface area contributed by atoms with Crippen molar-refractivity contribution >= 4 is 64.9 Å². The number of amides is 8. The lowest BCUT2D eigenvalue weighted by Gasteiger charge is -2.42. The number of aliphatic hydroxyl groups is 3. The third kappa shape index (κ3) is 18.6. The van der Waals surface area contributed by atoms with E-state index in [1.165, 1.54) is 31.3 Å². The van der Waals surface area contributed by atoms with Gasteiger partial charge in [-0.3, -0.25) is 43.3 Å². The van der Waals surface area contributed by atoms with Crippen LogP contribution in [0.5, 0.6) is 5.75 Å². The number of nitrogens with zero attached hydrogens (tertiary/aromatic N) is 4. The van der Waals surface area contributed by atoms with Crippen molar-refractivity contribution in [2.24, 2.45) is 29.4 Å². The predicted molar refractivity (Wildman–Crippen MR) is 329 cm³/mol. The Morgan fingerprint density at radius 1 is 0.824 bits per heavy atom. The molecule has 2 aromatic carbocycles. The van der Waals surface area contributed by atoms with Crippen LogP contribution in [-0.4, -0.2) is 238 Å². The molecular formula is C63H94N9O19+. The molecule has 8 amide bonds. The second kappa shape index (κ2) is 33.2. The first kappa shape index (κ1) is 74.3. The summed E-state index contributed by atoms with van der Waals surface area (Å²) in [6.45, 7) is 12.6. The summed E-state index contributed by atoms with van der Waals surface area (Å²) < 4.78 is 23.2. The molecule has 28 nitrogen and oxygen atoms in total. The van der Waals surface area contributed by atoms with Gasteiger partial charge in [0, 0.05) is 77.4 Å². The Morgan fingerprint density at radius 3 is 2.03 bits per heavy atom. The first-order chi connectivity index (χ1) is 42.8. The maximum atomic E-state index is 15.0. The van der Waals surface area contributed by atoms with Gasteiger partial charge in [-0.2, -0.15) is 0 Å². The Hall–Kier alpha value is -7.44. The monoisotopic (exact) mass is 1280 g/mol. The SMILES string of the molecule is CC[C@H](C)[C@@H]([C@@H](CC(=O)N1CCC[C@H]1[C@H](OC)[C@@H](C)C(=O)N[C@@H](Cc1ccccc1)C(=O)O)OC)N(C)C(=O)[C@@H](NC(=O)[C@H](C(C)C)[N+](C)(C)Cc1ccc(O[C@@H]2O[C@H](C(=O)O)[C@@H](O)[C@H](O)[C@H]2O)c(NC(=O)CCNC(=O)[C@H](CN)N2C(=O)C=CC2=O)c1)C(C)C. The molecule has 3 heterocycles. The van der Waals surface area contributed by atoms with Crippen LogP contribution < -0.4 is 31.7 Å². The molecule has 0 radical (unpaired) electrons. The van der Waals surface area contributed by atoms with E-state index in [1.807, 2.05) is 33.8 Å². The topological polar surface area (TPSA) is 393 Å². The number of likely N-dealkylation sites (tertiary alicyclic amines) is 1. The fourth-order valence-corrected chi connectivity index (χ4v) is 12.5. The highest BCUT2D eigenvalue weighted by molar-refractivity contribution is 6.15. The van der Waals surface area contributed by atoms with Crippen molar-refractivity contribution in [3.63, 3.8) is 0 Å². The number of rotatable bonds is 33. The van der Waals surface area contributed by atoms with E-state index < -0.39 is 157 Å². The number of quaternary nitrogens is 1. The standard InChI is InChI=1S/C63H93N9O19/c1-13-35(6)50(44(88-11)30-48(76)70-27-17-20-41(70)55(89-12)36(7)57(80)67-40(61(84)85)28-37-18-15-14-16-19-37)69(8)60(83)49(33(2)3)68-59(82)51(34(4)5)72(9,10)32-38-21-22-43(90-63-54(79)52(77)53(78)56(91-63)62(86)87)39(29-38)66-45(73)25-26-65-58(81)42(31-64)71-46(74)23-24-47(71)75/h14-16,18-19,21-24,29,33-36,40-42,44,49-56,63,77-79H,13,17,20,25-28,30-32,64H2,1-12H3,(H5-,65,66,67,68,73,80,81,82,84,85,86,87)/p+1/t35-,36+,40-,41-,42-,44+,49-,50-,51-,52-,53-,54+,55+,56-,63+/m0/s1. The van der Waals surface area contributed by atoms with E-state index in [4.69, 9.17) is 24.7 Å². The van der Waals surface area contributed by atoms with Crippen LogP contribution in [-0.2, 0) is 75.1 Å². The zero-order chi connectivity index (χ0) is 67.9. The zero-order valence-electron chi connectivity index (χ0n) is 54.0. The van der Waals surface area contributed by atoms with Crippen molar-refractivity contribution in [3.8, 4) is 5.75 Å². The lowest BCUT2D eigenvalue weighted by atomic mass is 9.89. The molecule has 0 unspecified atom stereocenters. The number of carboxylic acid groups (broad SMARTS) is 2.